The van der Waals surface area contributed by atoms with Crippen LogP contribution in [0.1, 0.15) is 37.4 Å². The summed E-state index contributed by atoms with van der Waals surface area (Å²) in [5.74, 6) is -0.309. The molecule has 2 nitrogen and oxygen atoms in total. The third-order valence-electron chi connectivity index (χ3n) is 3.50. The van der Waals surface area contributed by atoms with E-state index in [1.807, 2.05) is 0 Å². The first-order chi connectivity index (χ1) is 7.65. The van der Waals surface area contributed by atoms with Gasteiger partial charge in [-0.25, -0.2) is 4.39 Å². The van der Waals surface area contributed by atoms with Gasteiger partial charge in [-0.05, 0) is 37.0 Å². The normalized spacial score (nSPS) is 20.2. The summed E-state index contributed by atoms with van der Waals surface area (Å²) in [6.07, 6.45) is 3.01. The Morgan fingerprint density at radius 2 is 2.25 bits per heavy atom. The summed E-state index contributed by atoms with van der Waals surface area (Å²) >= 11 is 0. The zero-order valence-electron chi connectivity index (χ0n) is 9.45. The standard InChI is InChI=1S/C13H17FO2/c1-16-13(6-3-7-13)9-12(15)10-4-2-5-11(14)8-10/h2,4-5,8,12,15H,3,6-7,9H2,1H3. The van der Waals surface area contributed by atoms with E-state index in [1.165, 1.54) is 12.1 Å². The smallest absolute Gasteiger partial charge is 0.123 e. The zero-order valence-corrected chi connectivity index (χ0v) is 9.45. The number of hydrogen-bond donors (Lipinski definition) is 1. The van der Waals surface area contributed by atoms with E-state index in [-0.39, 0.29) is 11.4 Å². The lowest BCUT2D eigenvalue weighted by Gasteiger charge is -2.41. The number of hydrogen-bond acceptors (Lipinski definition) is 2. The van der Waals surface area contributed by atoms with E-state index in [9.17, 15) is 9.50 Å². The van der Waals surface area contributed by atoms with Crippen molar-refractivity contribution in [2.75, 3.05) is 7.11 Å². The SMILES string of the molecule is COC1(CC(O)c2cccc(F)c2)CCC1. The van der Waals surface area contributed by atoms with Crippen molar-refractivity contribution in [3.05, 3.63) is 35.6 Å². The van der Waals surface area contributed by atoms with Crippen LogP contribution in [0.4, 0.5) is 4.39 Å². The molecule has 0 aliphatic heterocycles. The Hall–Kier alpha value is -0.930. The fraction of sp³-hybridized carbons (Fsp3) is 0.538. The summed E-state index contributed by atoms with van der Waals surface area (Å²) in [6, 6.07) is 6.13. The van der Waals surface area contributed by atoms with Crippen molar-refractivity contribution in [3.8, 4) is 0 Å². The lowest BCUT2D eigenvalue weighted by atomic mass is 9.75. The minimum absolute atomic E-state index is 0.189. The van der Waals surface area contributed by atoms with Crippen LogP contribution in [0.5, 0.6) is 0 Å². The van der Waals surface area contributed by atoms with Gasteiger partial charge in [0.05, 0.1) is 11.7 Å². The molecule has 1 aromatic rings. The molecular formula is C13H17FO2. The Kier molecular flexibility index (Phi) is 3.26. The molecule has 16 heavy (non-hydrogen) atoms. The number of benzene rings is 1. The Labute approximate surface area is 95.1 Å². The fourth-order valence-corrected chi connectivity index (χ4v) is 2.25. The average molecular weight is 224 g/mol. The third kappa shape index (κ3) is 2.25. The molecule has 1 N–H and O–H groups in total. The Morgan fingerprint density at radius 1 is 1.50 bits per heavy atom. The third-order valence-corrected chi connectivity index (χ3v) is 3.50. The predicted octanol–water partition coefficient (Wildman–Crippen LogP) is 2.82. The van der Waals surface area contributed by atoms with Crippen LogP contribution >= 0.6 is 0 Å². The van der Waals surface area contributed by atoms with Crippen molar-refractivity contribution < 1.29 is 14.2 Å². The molecule has 1 aliphatic rings. The maximum atomic E-state index is 13.0. The van der Waals surface area contributed by atoms with Gasteiger partial charge in [-0.3, -0.25) is 0 Å². The highest BCUT2D eigenvalue weighted by atomic mass is 19.1. The molecule has 0 radical (unpaired) electrons. The van der Waals surface area contributed by atoms with Crippen LogP contribution in [0, 0.1) is 5.82 Å². The van der Waals surface area contributed by atoms with Crippen molar-refractivity contribution in [1.82, 2.24) is 0 Å². The largest absolute Gasteiger partial charge is 0.388 e. The van der Waals surface area contributed by atoms with Crippen LogP contribution in [-0.2, 0) is 4.74 Å². The first kappa shape index (κ1) is 11.6. The van der Waals surface area contributed by atoms with Crippen LogP contribution in [0.3, 0.4) is 0 Å². The Morgan fingerprint density at radius 3 is 2.75 bits per heavy atom. The zero-order chi connectivity index (χ0) is 11.6. The van der Waals surface area contributed by atoms with Gasteiger partial charge in [-0.1, -0.05) is 12.1 Å². The lowest BCUT2D eigenvalue weighted by Crippen LogP contribution is -2.40. The molecule has 0 saturated heterocycles. The first-order valence-corrected chi connectivity index (χ1v) is 5.64. The van der Waals surface area contributed by atoms with E-state index in [4.69, 9.17) is 4.74 Å². The molecule has 1 fully saturated rings. The summed E-state index contributed by atoms with van der Waals surface area (Å²) in [5.41, 5.74) is 0.439. The Bertz CT molecular complexity index is 355. The topological polar surface area (TPSA) is 29.5 Å². The molecule has 0 spiro atoms. The van der Waals surface area contributed by atoms with Crippen LogP contribution < -0.4 is 0 Å². The summed E-state index contributed by atoms with van der Waals surface area (Å²) in [6.45, 7) is 0. The lowest BCUT2D eigenvalue weighted by molar-refractivity contribution is -0.0999. The number of aliphatic hydroxyl groups is 1. The predicted molar refractivity (Wildman–Crippen MR) is 59.6 cm³/mol. The molecule has 1 unspecified atom stereocenters. The van der Waals surface area contributed by atoms with Crippen molar-refractivity contribution >= 4 is 0 Å². The summed E-state index contributed by atoms with van der Waals surface area (Å²) < 4.78 is 18.4. The fourth-order valence-electron chi connectivity index (χ4n) is 2.25. The number of methoxy groups -OCH3 is 1. The van der Waals surface area contributed by atoms with Crippen LogP contribution in [0.2, 0.25) is 0 Å². The van der Waals surface area contributed by atoms with E-state index in [1.54, 1.807) is 19.2 Å². The van der Waals surface area contributed by atoms with Gasteiger partial charge in [-0.2, -0.15) is 0 Å². The Balaban J connectivity index is 2.05. The number of halogens is 1. The molecule has 0 aromatic heterocycles. The van der Waals surface area contributed by atoms with E-state index >= 15 is 0 Å². The molecule has 1 aromatic carbocycles. The number of ether oxygens (including phenoxy) is 1. The van der Waals surface area contributed by atoms with Gasteiger partial charge in [-0.15, -0.1) is 0 Å². The second-order valence-electron chi connectivity index (χ2n) is 4.52. The van der Waals surface area contributed by atoms with E-state index in [2.05, 4.69) is 0 Å². The van der Waals surface area contributed by atoms with E-state index in [0.717, 1.165) is 19.3 Å². The van der Waals surface area contributed by atoms with Gasteiger partial charge < -0.3 is 9.84 Å². The molecule has 1 atom stereocenters. The molecule has 1 aliphatic carbocycles. The van der Waals surface area contributed by atoms with E-state index < -0.39 is 6.10 Å². The van der Waals surface area contributed by atoms with Crippen molar-refractivity contribution in [3.63, 3.8) is 0 Å². The molecule has 3 heteroatoms. The van der Waals surface area contributed by atoms with E-state index in [0.29, 0.717) is 12.0 Å². The van der Waals surface area contributed by atoms with Crippen molar-refractivity contribution in [2.45, 2.75) is 37.4 Å². The highest BCUT2D eigenvalue weighted by Crippen LogP contribution is 2.41. The highest BCUT2D eigenvalue weighted by molar-refractivity contribution is 5.19. The highest BCUT2D eigenvalue weighted by Gasteiger charge is 2.38. The van der Waals surface area contributed by atoms with Gasteiger partial charge in [0.25, 0.3) is 0 Å². The average Bonchev–Trinajstić information content (AvgIpc) is 2.23. The van der Waals surface area contributed by atoms with Crippen molar-refractivity contribution in [1.29, 1.82) is 0 Å². The quantitative estimate of drug-likeness (QED) is 0.852. The second-order valence-corrected chi connectivity index (χ2v) is 4.52. The molecule has 1 saturated carbocycles. The molecule has 0 amide bonds. The van der Waals surface area contributed by atoms with Gasteiger partial charge in [0.15, 0.2) is 0 Å². The minimum atomic E-state index is -0.643. The molecule has 2 rings (SSSR count). The maximum Gasteiger partial charge on any atom is 0.123 e. The van der Waals surface area contributed by atoms with Gasteiger partial charge in [0, 0.05) is 13.5 Å². The molecule has 0 bridgehead atoms. The van der Waals surface area contributed by atoms with Crippen LogP contribution in [0.25, 0.3) is 0 Å². The minimum Gasteiger partial charge on any atom is -0.388 e. The summed E-state index contributed by atoms with van der Waals surface area (Å²) in [7, 11) is 1.68. The second kappa shape index (κ2) is 4.52. The molecular weight excluding hydrogens is 207 g/mol. The molecule has 0 heterocycles. The monoisotopic (exact) mass is 224 g/mol. The molecule has 88 valence electrons. The van der Waals surface area contributed by atoms with Gasteiger partial charge in [0.1, 0.15) is 5.82 Å². The maximum absolute atomic E-state index is 13.0. The van der Waals surface area contributed by atoms with Gasteiger partial charge in [0.2, 0.25) is 0 Å². The first-order valence-electron chi connectivity index (χ1n) is 5.64. The van der Waals surface area contributed by atoms with Crippen LogP contribution in [0.15, 0.2) is 24.3 Å². The van der Waals surface area contributed by atoms with Crippen LogP contribution in [-0.4, -0.2) is 17.8 Å². The summed E-state index contributed by atoms with van der Waals surface area (Å²) in [5, 5.41) is 10.0. The van der Waals surface area contributed by atoms with Crippen molar-refractivity contribution in [2.24, 2.45) is 0 Å². The summed E-state index contributed by atoms with van der Waals surface area (Å²) in [4.78, 5) is 0. The van der Waals surface area contributed by atoms with Gasteiger partial charge >= 0.3 is 0 Å². The number of aliphatic hydroxyl groups excluding tert-OH is 1. The number of rotatable bonds is 4.